The van der Waals surface area contributed by atoms with Crippen LogP contribution in [0.5, 0.6) is 0 Å². The topological polar surface area (TPSA) is 104 Å². The van der Waals surface area contributed by atoms with E-state index in [1.54, 1.807) is 0 Å². The number of benzene rings is 1. The molecule has 0 fully saturated rings. The first-order valence-electron chi connectivity index (χ1n) is 5.01. The van der Waals surface area contributed by atoms with Crippen LogP contribution in [0.4, 0.5) is 4.39 Å². The van der Waals surface area contributed by atoms with Crippen molar-refractivity contribution in [1.82, 2.24) is 5.32 Å². The molecule has 0 saturated carbocycles. The lowest BCUT2D eigenvalue weighted by atomic mass is 10.1. The van der Waals surface area contributed by atoms with Gasteiger partial charge in [-0.3, -0.25) is 9.59 Å². The summed E-state index contributed by atoms with van der Waals surface area (Å²) in [5.41, 5.74) is -0.139. The van der Waals surface area contributed by atoms with Gasteiger partial charge in [-0.15, -0.1) is 0 Å². The van der Waals surface area contributed by atoms with E-state index in [4.69, 9.17) is 21.8 Å². The van der Waals surface area contributed by atoms with Crippen LogP contribution in [-0.4, -0.2) is 34.1 Å². The van der Waals surface area contributed by atoms with Crippen LogP contribution in [0.25, 0.3) is 0 Å². The maximum Gasteiger partial charge on any atom is 0.326 e. The standard InChI is InChI=1S/C11H9ClFNO5/c12-7-3-5(13)1-2-6(7)10(17)14-8(11(18)19)4-9(15)16/h1-3,8H,4H2,(H,14,17)(H,15,16)(H,18,19)/t8-/m0/s1. The number of nitrogens with one attached hydrogen (secondary N) is 1. The quantitative estimate of drug-likeness (QED) is 0.754. The van der Waals surface area contributed by atoms with Crippen LogP contribution in [0.1, 0.15) is 16.8 Å². The molecule has 0 aliphatic heterocycles. The molecule has 0 aliphatic rings. The molecule has 1 amide bonds. The molecule has 0 bridgehead atoms. The molecule has 1 atom stereocenters. The van der Waals surface area contributed by atoms with Gasteiger partial charge in [0.25, 0.3) is 5.91 Å². The van der Waals surface area contributed by atoms with Gasteiger partial charge in [0, 0.05) is 0 Å². The van der Waals surface area contributed by atoms with Crippen LogP contribution in [0, 0.1) is 5.82 Å². The highest BCUT2D eigenvalue weighted by Gasteiger charge is 2.24. The zero-order valence-electron chi connectivity index (χ0n) is 9.39. The molecule has 102 valence electrons. The fraction of sp³-hybridized carbons (Fsp3) is 0.182. The summed E-state index contributed by atoms with van der Waals surface area (Å²) >= 11 is 5.63. The van der Waals surface area contributed by atoms with Gasteiger partial charge in [-0.2, -0.15) is 0 Å². The van der Waals surface area contributed by atoms with Crippen molar-refractivity contribution in [2.45, 2.75) is 12.5 Å². The van der Waals surface area contributed by atoms with Gasteiger partial charge in [-0.1, -0.05) is 11.6 Å². The molecule has 3 N–H and O–H groups in total. The zero-order valence-corrected chi connectivity index (χ0v) is 10.1. The van der Waals surface area contributed by atoms with E-state index < -0.39 is 36.1 Å². The van der Waals surface area contributed by atoms with Gasteiger partial charge in [0.1, 0.15) is 11.9 Å². The third-order valence-electron chi connectivity index (χ3n) is 2.16. The molecule has 0 spiro atoms. The van der Waals surface area contributed by atoms with Gasteiger partial charge in [-0.05, 0) is 18.2 Å². The molecule has 0 unspecified atom stereocenters. The number of rotatable bonds is 5. The third-order valence-corrected chi connectivity index (χ3v) is 2.47. The largest absolute Gasteiger partial charge is 0.481 e. The number of halogens is 2. The van der Waals surface area contributed by atoms with Crippen LogP contribution in [0.15, 0.2) is 18.2 Å². The van der Waals surface area contributed by atoms with E-state index in [9.17, 15) is 18.8 Å². The summed E-state index contributed by atoms with van der Waals surface area (Å²) in [5.74, 6) is -4.41. The molecule has 1 aromatic carbocycles. The fourth-order valence-corrected chi connectivity index (χ4v) is 1.54. The Labute approximate surface area is 111 Å². The van der Waals surface area contributed by atoms with E-state index in [0.29, 0.717) is 0 Å². The van der Waals surface area contributed by atoms with E-state index in [0.717, 1.165) is 18.2 Å². The van der Waals surface area contributed by atoms with Crippen molar-refractivity contribution in [1.29, 1.82) is 0 Å². The van der Waals surface area contributed by atoms with Crippen molar-refractivity contribution in [3.63, 3.8) is 0 Å². The third kappa shape index (κ3) is 4.22. The van der Waals surface area contributed by atoms with Gasteiger partial charge < -0.3 is 15.5 Å². The van der Waals surface area contributed by atoms with E-state index in [2.05, 4.69) is 0 Å². The molecule has 6 nitrogen and oxygen atoms in total. The lowest BCUT2D eigenvalue weighted by Gasteiger charge is -2.13. The number of carbonyl (C=O) groups is 3. The Morgan fingerprint density at radius 2 is 1.95 bits per heavy atom. The molecule has 0 heterocycles. The molecule has 0 radical (unpaired) electrons. The van der Waals surface area contributed by atoms with Crippen LogP contribution in [-0.2, 0) is 9.59 Å². The summed E-state index contributed by atoms with van der Waals surface area (Å²) in [6, 6.07) is 1.36. The molecule has 0 saturated heterocycles. The number of carboxylic acid groups (broad SMARTS) is 2. The first-order valence-corrected chi connectivity index (χ1v) is 5.39. The summed E-state index contributed by atoms with van der Waals surface area (Å²) in [7, 11) is 0. The van der Waals surface area contributed by atoms with Crippen molar-refractivity contribution in [3.8, 4) is 0 Å². The molecule has 1 rings (SSSR count). The second-order valence-electron chi connectivity index (χ2n) is 3.59. The number of carbonyl (C=O) groups excluding carboxylic acids is 1. The molecule has 0 aromatic heterocycles. The highest BCUT2D eigenvalue weighted by atomic mass is 35.5. The van der Waals surface area contributed by atoms with Crippen molar-refractivity contribution >= 4 is 29.4 Å². The highest BCUT2D eigenvalue weighted by molar-refractivity contribution is 6.33. The molecule has 19 heavy (non-hydrogen) atoms. The zero-order chi connectivity index (χ0) is 14.6. The maximum absolute atomic E-state index is 12.8. The molecular weight excluding hydrogens is 281 g/mol. The van der Waals surface area contributed by atoms with Crippen LogP contribution >= 0.6 is 11.6 Å². The van der Waals surface area contributed by atoms with Crippen molar-refractivity contribution in [2.75, 3.05) is 0 Å². The Morgan fingerprint density at radius 1 is 1.32 bits per heavy atom. The second kappa shape index (κ2) is 6.14. The summed E-state index contributed by atoms with van der Waals surface area (Å²) < 4.78 is 12.8. The number of amides is 1. The van der Waals surface area contributed by atoms with Gasteiger partial charge in [0.05, 0.1) is 17.0 Å². The van der Waals surface area contributed by atoms with Gasteiger partial charge in [0.2, 0.25) is 0 Å². The maximum atomic E-state index is 12.8. The average Bonchev–Trinajstić information content (AvgIpc) is 2.26. The number of hydrogen-bond donors (Lipinski definition) is 3. The summed E-state index contributed by atoms with van der Waals surface area (Å²) in [6.45, 7) is 0. The fourth-order valence-electron chi connectivity index (χ4n) is 1.28. The monoisotopic (exact) mass is 289 g/mol. The molecule has 0 aliphatic carbocycles. The first-order chi connectivity index (χ1) is 8.81. The lowest BCUT2D eigenvalue weighted by Crippen LogP contribution is -2.42. The Morgan fingerprint density at radius 3 is 2.42 bits per heavy atom. The highest BCUT2D eigenvalue weighted by Crippen LogP contribution is 2.17. The van der Waals surface area contributed by atoms with Crippen LogP contribution in [0.2, 0.25) is 5.02 Å². The predicted molar refractivity (Wildman–Crippen MR) is 62.6 cm³/mol. The minimum absolute atomic E-state index is 0.139. The van der Waals surface area contributed by atoms with E-state index in [-0.39, 0.29) is 10.6 Å². The van der Waals surface area contributed by atoms with Crippen molar-refractivity contribution in [2.24, 2.45) is 0 Å². The van der Waals surface area contributed by atoms with Crippen LogP contribution < -0.4 is 5.32 Å². The summed E-state index contributed by atoms with van der Waals surface area (Å²) in [4.78, 5) is 32.9. The van der Waals surface area contributed by atoms with E-state index in [1.165, 1.54) is 0 Å². The Hall–Kier alpha value is -2.15. The normalized spacial score (nSPS) is 11.7. The summed E-state index contributed by atoms with van der Waals surface area (Å²) in [5, 5.41) is 19.1. The predicted octanol–water partition coefficient (Wildman–Crippen LogP) is 1.14. The number of carboxylic acids is 2. The first kappa shape index (κ1) is 14.9. The molecule has 1 aromatic rings. The van der Waals surface area contributed by atoms with Gasteiger partial charge in [0.15, 0.2) is 0 Å². The Kier molecular flexibility index (Phi) is 4.82. The lowest BCUT2D eigenvalue weighted by molar-refractivity contribution is -0.145. The number of aliphatic carboxylic acids is 2. The average molecular weight is 290 g/mol. The van der Waals surface area contributed by atoms with Crippen LogP contribution in [0.3, 0.4) is 0 Å². The molecule has 8 heteroatoms. The van der Waals surface area contributed by atoms with Gasteiger partial charge >= 0.3 is 11.9 Å². The van der Waals surface area contributed by atoms with Crippen molar-refractivity contribution in [3.05, 3.63) is 34.6 Å². The Bertz CT molecular complexity index is 534. The minimum Gasteiger partial charge on any atom is -0.481 e. The van der Waals surface area contributed by atoms with Gasteiger partial charge in [-0.25, -0.2) is 9.18 Å². The van der Waals surface area contributed by atoms with Crippen molar-refractivity contribution < 1.29 is 29.0 Å². The Balaban J connectivity index is 2.87. The summed E-state index contributed by atoms with van der Waals surface area (Å²) in [6.07, 6.45) is -0.778. The molecular formula is C11H9ClFNO5. The SMILES string of the molecule is O=C(O)C[C@H](NC(=O)c1ccc(F)cc1Cl)C(=O)O. The van der Waals surface area contributed by atoms with E-state index in [1.807, 2.05) is 5.32 Å². The number of hydrogen-bond acceptors (Lipinski definition) is 3. The minimum atomic E-state index is -1.59. The smallest absolute Gasteiger partial charge is 0.326 e. The second-order valence-corrected chi connectivity index (χ2v) is 3.99. The van der Waals surface area contributed by atoms with E-state index >= 15 is 0 Å².